The van der Waals surface area contributed by atoms with Crippen LogP contribution in [0.3, 0.4) is 0 Å². The summed E-state index contributed by atoms with van der Waals surface area (Å²) < 4.78 is 4.57. The van der Waals surface area contributed by atoms with Crippen LogP contribution in [0.2, 0.25) is 0 Å². The second-order valence-corrected chi connectivity index (χ2v) is 4.45. The second-order valence-electron chi connectivity index (χ2n) is 4.45. The van der Waals surface area contributed by atoms with Crippen LogP contribution < -0.4 is 16.0 Å². The summed E-state index contributed by atoms with van der Waals surface area (Å²) in [6, 6.07) is -0.634. The van der Waals surface area contributed by atoms with Crippen molar-refractivity contribution in [1.29, 1.82) is 0 Å². The number of esters is 1. The lowest BCUT2D eigenvalue weighted by atomic mass is 10.2. The lowest BCUT2D eigenvalue weighted by Gasteiger charge is -2.16. The lowest BCUT2D eigenvalue weighted by molar-refractivity contribution is -0.144. The summed E-state index contributed by atoms with van der Waals surface area (Å²) in [5.74, 6) is -0.888. The number of rotatable bonds is 8. The fourth-order valence-electron chi connectivity index (χ4n) is 1.42. The van der Waals surface area contributed by atoms with Crippen molar-refractivity contribution in [2.24, 2.45) is 0 Å². The van der Waals surface area contributed by atoms with E-state index in [2.05, 4.69) is 20.7 Å². The van der Waals surface area contributed by atoms with E-state index in [1.807, 2.05) is 13.8 Å². The molecule has 3 N–H and O–H groups in total. The van der Waals surface area contributed by atoms with Crippen LogP contribution >= 0.6 is 0 Å². The molecule has 7 heteroatoms. The highest BCUT2D eigenvalue weighted by Crippen LogP contribution is 1.88. The van der Waals surface area contributed by atoms with Crippen LogP contribution in [0.25, 0.3) is 0 Å². The highest BCUT2D eigenvalue weighted by Gasteiger charge is 2.19. The molecule has 0 spiro atoms. The van der Waals surface area contributed by atoms with Gasteiger partial charge in [-0.05, 0) is 13.8 Å². The SMILES string of the molecule is COC(=O)C(CNCCC(=O)NC(C)C)NC(C)=O. The van der Waals surface area contributed by atoms with E-state index in [-0.39, 0.29) is 24.4 Å². The Bertz CT molecular complexity index is 318. The van der Waals surface area contributed by atoms with E-state index in [9.17, 15) is 14.4 Å². The first-order valence-electron chi connectivity index (χ1n) is 6.21. The third-order valence-corrected chi connectivity index (χ3v) is 2.19. The molecule has 0 aromatic rings. The molecule has 2 amide bonds. The molecule has 0 aliphatic heterocycles. The Hall–Kier alpha value is -1.63. The molecule has 0 aliphatic carbocycles. The van der Waals surface area contributed by atoms with Gasteiger partial charge in [-0.1, -0.05) is 0 Å². The minimum Gasteiger partial charge on any atom is -0.467 e. The predicted molar refractivity (Wildman–Crippen MR) is 70.4 cm³/mol. The number of methoxy groups -OCH3 is 1. The molecule has 0 aliphatic rings. The molecular formula is C12H23N3O4. The zero-order chi connectivity index (χ0) is 14.8. The van der Waals surface area contributed by atoms with Crippen molar-refractivity contribution in [3.63, 3.8) is 0 Å². The summed E-state index contributed by atoms with van der Waals surface area (Å²) in [4.78, 5) is 33.6. The van der Waals surface area contributed by atoms with Gasteiger partial charge < -0.3 is 20.7 Å². The quantitative estimate of drug-likeness (QED) is 0.396. The number of carbonyl (C=O) groups excluding carboxylic acids is 3. The van der Waals surface area contributed by atoms with E-state index < -0.39 is 12.0 Å². The number of amides is 2. The maximum absolute atomic E-state index is 11.4. The smallest absolute Gasteiger partial charge is 0.329 e. The van der Waals surface area contributed by atoms with E-state index >= 15 is 0 Å². The molecule has 1 unspecified atom stereocenters. The summed E-state index contributed by atoms with van der Waals surface area (Å²) in [7, 11) is 1.26. The summed E-state index contributed by atoms with van der Waals surface area (Å²) in [5, 5.41) is 8.16. The minimum absolute atomic E-state index is 0.0587. The standard InChI is InChI=1S/C12H23N3O4/c1-8(2)14-11(17)5-6-13-7-10(12(18)19-4)15-9(3)16/h8,10,13H,5-7H2,1-4H3,(H,14,17)(H,15,16). The monoisotopic (exact) mass is 273 g/mol. The first kappa shape index (κ1) is 17.4. The molecule has 0 saturated heterocycles. The average molecular weight is 273 g/mol. The van der Waals surface area contributed by atoms with Crippen LogP contribution in [0, 0.1) is 0 Å². The molecule has 7 nitrogen and oxygen atoms in total. The highest BCUT2D eigenvalue weighted by atomic mass is 16.5. The second kappa shape index (κ2) is 9.32. The molecule has 1 atom stereocenters. The van der Waals surface area contributed by atoms with Crippen LogP contribution in [0.15, 0.2) is 0 Å². The molecular weight excluding hydrogens is 250 g/mol. The fraction of sp³-hybridized carbons (Fsp3) is 0.750. The molecule has 0 bridgehead atoms. The van der Waals surface area contributed by atoms with Crippen molar-refractivity contribution in [3.8, 4) is 0 Å². The summed E-state index contributed by atoms with van der Waals surface area (Å²) in [6.07, 6.45) is 0.312. The van der Waals surface area contributed by atoms with Gasteiger partial charge in [0.05, 0.1) is 7.11 Å². The summed E-state index contributed by atoms with van der Waals surface area (Å²) in [5.41, 5.74) is 0. The molecule has 0 heterocycles. The Morgan fingerprint density at radius 3 is 2.26 bits per heavy atom. The lowest BCUT2D eigenvalue weighted by Crippen LogP contribution is -2.47. The van der Waals surface area contributed by atoms with Crippen molar-refractivity contribution < 1.29 is 19.1 Å². The van der Waals surface area contributed by atoms with Crippen molar-refractivity contribution in [2.75, 3.05) is 20.2 Å². The van der Waals surface area contributed by atoms with E-state index in [0.717, 1.165) is 0 Å². The first-order valence-corrected chi connectivity index (χ1v) is 6.21. The van der Waals surface area contributed by atoms with Gasteiger partial charge in [-0.3, -0.25) is 9.59 Å². The van der Waals surface area contributed by atoms with Gasteiger partial charge in [0.25, 0.3) is 0 Å². The van der Waals surface area contributed by atoms with Gasteiger partial charge >= 0.3 is 5.97 Å². The van der Waals surface area contributed by atoms with E-state index in [1.165, 1.54) is 14.0 Å². The molecule has 0 rings (SSSR count). The normalized spacial score (nSPS) is 11.8. The van der Waals surface area contributed by atoms with Gasteiger partial charge in [0.1, 0.15) is 6.04 Å². The van der Waals surface area contributed by atoms with Gasteiger partial charge in [0, 0.05) is 32.5 Å². The molecule has 0 aromatic heterocycles. The van der Waals surface area contributed by atoms with Gasteiger partial charge in [0.15, 0.2) is 0 Å². The van der Waals surface area contributed by atoms with Crippen molar-refractivity contribution >= 4 is 17.8 Å². The molecule has 0 aromatic carbocycles. The van der Waals surface area contributed by atoms with Gasteiger partial charge in [0.2, 0.25) is 11.8 Å². The maximum atomic E-state index is 11.4. The summed E-state index contributed by atoms with van der Waals surface area (Å²) >= 11 is 0. The minimum atomic E-state index is -0.740. The van der Waals surface area contributed by atoms with Crippen molar-refractivity contribution in [1.82, 2.24) is 16.0 Å². The number of ether oxygens (including phenoxy) is 1. The largest absolute Gasteiger partial charge is 0.467 e. The zero-order valence-electron chi connectivity index (χ0n) is 11.9. The average Bonchev–Trinajstić information content (AvgIpc) is 2.30. The summed E-state index contributed by atoms with van der Waals surface area (Å²) in [6.45, 7) is 5.74. The molecule has 0 fully saturated rings. The Labute approximate surface area is 113 Å². The first-order chi connectivity index (χ1) is 8.86. The topological polar surface area (TPSA) is 96.5 Å². The third-order valence-electron chi connectivity index (χ3n) is 2.19. The van der Waals surface area contributed by atoms with E-state index in [0.29, 0.717) is 13.0 Å². The van der Waals surface area contributed by atoms with Crippen molar-refractivity contribution in [2.45, 2.75) is 39.3 Å². The molecule has 0 radical (unpaired) electrons. The van der Waals surface area contributed by atoms with Gasteiger partial charge in [-0.2, -0.15) is 0 Å². The maximum Gasteiger partial charge on any atom is 0.329 e. The van der Waals surface area contributed by atoms with E-state index in [4.69, 9.17) is 0 Å². The third kappa shape index (κ3) is 9.01. The Morgan fingerprint density at radius 1 is 1.16 bits per heavy atom. The Balaban J connectivity index is 3.96. The number of nitrogens with one attached hydrogen (secondary N) is 3. The van der Waals surface area contributed by atoms with Gasteiger partial charge in [-0.15, -0.1) is 0 Å². The Kier molecular flexibility index (Phi) is 8.52. The predicted octanol–water partition coefficient (Wildman–Crippen LogP) is -0.832. The Morgan fingerprint density at radius 2 is 1.79 bits per heavy atom. The van der Waals surface area contributed by atoms with Crippen LogP contribution in [0.4, 0.5) is 0 Å². The van der Waals surface area contributed by atoms with Gasteiger partial charge in [-0.25, -0.2) is 4.79 Å². The molecule has 110 valence electrons. The fourth-order valence-corrected chi connectivity index (χ4v) is 1.42. The van der Waals surface area contributed by atoms with Crippen molar-refractivity contribution in [3.05, 3.63) is 0 Å². The number of hydrogen-bond acceptors (Lipinski definition) is 5. The zero-order valence-corrected chi connectivity index (χ0v) is 11.9. The van der Waals surface area contributed by atoms with Crippen LogP contribution in [0.1, 0.15) is 27.2 Å². The number of carbonyl (C=O) groups is 3. The molecule has 0 saturated carbocycles. The molecule has 19 heavy (non-hydrogen) atoms. The number of hydrogen-bond donors (Lipinski definition) is 3. The van der Waals surface area contributed by atoms with Crippen LogP contribution in [-0.4, -0.2) is 50.1 Å². The van der Waals surface area contributed by atoms with Crippen LogP contribution in [0.5, 0.6) is 0 Å². The van der Waals surface area contributed by atoms with E-state index in [1.54, 1.807) is 0 Å². The van der Waals surface area contributed by atoms with Crippen LogP contribution in [-0.2, 0) is 19.1 Å². The highest BCUT2D eigenvalue weighted by molar-refractivity contribution is 5.83.